The first-order valence-corrected chi connectivity index (χ1v) is 6.95. The lowest BCUT2D eigenvalue weighted by molar-refractivity contribution is 0.164. The van der Waals surface area contributed by atoms with Crippen LogP contribution in [0.25, 0.3) is 0 Å². The lowest BCUT2D eigenvalue weighted by Crippen LogP contribution is -2.51. The van der Waals surface area contributed by atoms with Gasteiger partial charge in [-0.25, -0.2) is 0 Å². The molecule has 0 aliphatic heterocycles. The highest BCUT2D eigenvalue weighted by molar-refractivity contribution is 5.03. The van der Waals surface area contributed by atoms with E-state index in [-0.39, 0.29) is 5.54 Å². The average Bonchev–Trinajstić information content (AvgIpc) is 2.28. The van der Waals surface area contributed by atoms with Gasteiger partial charge >= 0.3 is 0 Å². The second-order valence-corrected chi connectivity index (χ2v) is 6.06. The largest absolute Gasteiger partial charge is 0.324 e. The topological polar surface area (TPSA) is 42.1 Å². The van der Waals surface area contributed by atoms with Gasteiger partial charge in [0.15, 0.2) is 0 Å². The van der Waals surface area contributed by atoms with Gasteiger partial charge in [0.2, 0.25) is 0 Å². The van der Waals surface area contributed by atoms with Crippen molar-refractivity contribution < 1.29 is 0 Å². The number of aromatic nitrogens is 1. The Kier molecular flexibility index (Phi) is 4.36. The van der Waals surface area contributed by atoms with Crippen LogP contribution in [0.5, 0.6) is 0 Å². The van der Waals surface area contributed by atoms with Crippen molar-refractivity contribution in [3.63, 3.8) is 0 Å². The third-order valence-corrected chi connectivity index (χ3v) is 3.87. The Balaban J connectivity index is 1.88. The van der Waals surface area contributed by atoms with Gasteiger partial charge in [0.05, 0.1) is 5.69 Å². The number of rotatable bonds is 4. The molecule has 2 atom stereocenters. The van der Waals surface area contributed by atoms with E-state index in [1.54, 1.807) is 0 Å². The minimum absolute atomic E-state index is 0.00119. The van der Waals surface area contributed by atoms with E-state index in [4.69, 9.17) is 5.73 Å². The molecule has 1 fully saturated rings. The molecule has 0 aromatic carbocycles. The van der Waals surface area contributed by atoms with Crippen LogP contribution in [0.3, 0.4) is 0 Å². The van der Waals surface area contributed by atoms with Crippen LogP contribution in [0.4, 0.5) is 0 Å². The van der Waals surface area contributed by atoms with Crippen molar-refractivity contribution in [2.75, 3.05) is 13.6 Å². The maximum absolute atomic E-state index is 6.54. The minimum Gasteiger partial charge on any atom is -0.324 e. The first kappa shape index (κ1) is 13.5. The van der Waals surface area contributed by atoms with E-state index in [2.05, 4.69) is 29.9 Å². The Hall–Kier alpha value is -0.930. The van der Waals surface area contributed by atoms with Crippen molar-refractivity contribution in [3.05, 3.63) is 30.1 Å². The van der Waals surface area contributed by atoms with Crippen LogP contribution in [0, 0.1) is 5.92 Å². The van der Waals surface area contributed by atoms with Crippen molar-refractivity contribution >= 4 is 0 Å². The molecule has 1 aromatic rings. The zero-order chi connectivity index (χ0) is 13.0. The molecule has 0 saturated heterocycles. The molecule has 3 nitrogen and oxygen atoms in total. The van der Waals surface area contributed by atoms with E-state index < -0.39 is 0 Å². The number of nitrogens with zero attached hydrogens (tertiary/aromatic N) is 2. The summed E-state index contributed by atoms with van der Waals surface area (Å²) in [5.41, 5.74) is 7.66. The van der Waals surface area contributed by atoms with E-state index in [0.717, 1.165) is 37.5 Å². The molecule has 1 aliphatic rings. The normalized spacial score (nSPS) is 28.6. The highest BCUT2D eigenvalue weighted by atomic mass is 15.1. The van der Waals surface area contributed by atoms with Gasteiger partial charge in [-0.05, 0) is 37.9 Å². The van der Waals surface area contributed by atoms with Gasteiger partial charge in [-0.3, -0.25) is 9.88 Å². The fourth-order valence-corrected chi connectivity index (χ4v) is 3.21. The number of likely N-dealkylation sites (N-methyl/N-ethyl adjacent to an activating group) is 1. The summed E-state index contributed by atoms with van der Waals surface area (Å²) in [5, 5.41) is 0. The monoisotopic (exact) mass is 247 g/mol. The van der Waals surface area contributed by atoms with Crippen molar-refractivity contribution in [3.8, 4) is 0 Å². The van der Waals surface area contributed by atoms with E-state index in [1.165, 1.54) is 12.8 Å². The lowest BCUT2D eigenvalue weighted by atomic mass is 9.77. The van der Waals surface area contributed by atoms with E-state index in [9.17, 15) is 0 Å². The van der Waals surface area contributed by atoms with E-state index >= 15 is 0 Å². The fourth-order valence-electron chi connectivity index (χ4n) is 3.21. The van der Waals surface area contributed by atoms with E-state index in [1.807, 2.05) is 18.3 Å². The summed E-state index contributed by atoms with van der Waals surface area (Å²) in [6, 6.07) is 6.07. The number of hydrogen-bond donors (Lipinski definition) is 1. The lowest BCUT2D eigenvalue weighted by Gasteiger charge is -2.39. The van der Waals surface area contributed by atoms with Crippen LogP contribution in [0.2, 0.25) is 0 Å². The predicted octanol–water partition coefficient (Wildman–Crippen LogP) is 2.42. The van der Waals surface area contributed by atoms with Crippen LogP contribution in [-0.2, 0) is 6.54 Å². The summed E-state index contributed by atoms with van der Waals surface area (Å²) in [7, 11) is 2.14. The quantitative estimate of drug-likeness (QED) is 0.888. The molecule has 2 unspecified atom stereocenters. The van der Waals surface area contributed by atoms with Gasteiger partial charge in [-0.1, -0.05) is 25.8 Å². The molecule has 1 aliphatic carbocycles. The molecule has 2 rings (SSSR count). The summed E-state index contributed by atoms with van der Waals surface area (Å²) >= 11 is 0. The molecule has 18 heavy (non-hydrogen) atoms. The average molecular weight is 247 g/mol. The summed E-state index contributed by atoms with van der Waals surface area (Å²) in [5.74, 6) is 0.770. The molecule has 0 amide bonds. The van der Waals surface area contributed by atoms with Crippen molar-refractivity contribution in [2.45, 2.75) is 44.7 Å². The maximum Gasteiger partial charge on any atom is 0.0543 e. The second-order valence-electron chi connectivity index (χ2n) is 6.06. The van der Waals surface area contributed by atoms with Gasteiger partial charge in [-0.2, -0.15) is 0 Å². The van der Waals surface area contributed by atoms with Crippen LogP contribution < -0.4 is 5.73 Å². The molecule has 0 radical (unpaired) electrons. The molecular formula is C15H25N3. The fraction of sp³-hybridized carbons (Fsp3) is 0.667. The predicted molar refractivity (Wildman–Crippen MR) is 75.1 cm³/mol. The van der Waals surface area contributed by atoms with Crippen LogP contribution in [0.1, 0.15) is 38.3 Å². The summed E-state index contributed by atoms with van der Waals surface area (Å²) in [6.07, 6.45) is 6.77. The Morgan fingerprint density at radius 3 is 3.00 bits per heavy atom. The highest BCUT2D eigenvalue weighted by Crippen LogP contribution is 2.30. The Morgan fingerprint density at radius 2 is 2.33 bits per heavy atom. The Morgan fingerprint density at radius 1 is 1.50 bits per heavy atom. The van der Waals surface area contributed by atoms with Gasteiger partial charge in [-0.15, -0.1) is 0 Å². The van der Waals surface area contributed by atoms with Crippen molar-refractivity contribution in [1.29, 1.82) is 0 Å². The van der Waals surface area contributed by atoms with Gasteiger partial charge < -0.3 is 5.73 Å². The number of pyridine rings is 1. The Bertz CT molecular complexity index is 365. The standard InChI is InChI=1S/C15H25N3/c1-13-6-5-8-15(16,10-13)12-18(2)11-14-7-3-4-9-17-14/h3-4,7,9,13H,5-6,8,10-12,16H2,1-2H3. The molecule has 1 aromatic heterocycles. The van der Waals surface area contributed by atoms with Crippen LogP contribution >= 0.6 is 0 Å². The minimum atomic E-state index is 0.00119. The SMILES string of the molecule is CC1CCCC(N)(CN(C)Cc2ccccn2)C1. The van der Waals surface area contributed by atoms with Crippen molar-refractivity contribution in [1.82, 2.24) is 9.88 Å². The number of hydrogen-bond acceptors (Lipinski definition) is 3. The maximum atomic E-state index is 6.54. The van der Waals surface area contributed by atoms with Gasteiger partial charge in [0.25, 0.3) is 0 Å². The first-order valence-electron chi connectivity index (χ1n) is 6.95. The van der Waals surface area contributed by atoms with E-state index in [0.29, 0.717) is 0 Å². The zero-order valence-electron chi connectivity index (χ0n) is 11.6. The van der Waals surface area contributed by atoms with Gasteiger partial charge in [0, 0.05) is 24.8 Å². The van der Waals surface area contributed by atoms with Crippen LogP contribution in [0.15, 0.2) is 24.4 Å². The number of nitrogens with two attached hydrogens (primary N) is 1. The molecule has 1 heterocycles. The highest BCUT2D eigenvalue weighted by Gasteiger charge is 2.31. The summed E-state index contributed by atoms with van der Waals surface area (Å²) < 4.78 is 0. The zero-order valence-corrected chi connectivity index (χ0v) is 11.6. The molecule has 1 saturated carbocycles. The summed E-state index contributed by atoms with van der Waals surface area (Å²) in [4.78, 5) is 6.67. The second kappa shape index (κ2) is 5.81. The first-order chi connectivity index (χ1) is 8.57. The molecule has 2 N–H and O–H groups in total. The van der Waals surface area contributed by atoms with Crippen LogP contribution in [-0.4, -0.2) is 29.0 Å². The third-order valence-electron chi connectivity index (χ3n) is 3.87. The molecule has 0 spiro atoms. The summed E-state index contributed by atoms with van der Waals surface area (Å²) in [6.45, 7) is 4.17. The molecule has 0 bridgehead atoms. The molecule has 3 heteroatoms. The third kappa shape index (κ3) is 3.79. The smallest absolute Gasteiger partial charge is 0.0543 e. The molecule has 100 valence electrons. The molecular weight excluding hydrogens is 222 g/mol. The Labute approximate surface area is 110 Å². The van der Waals surface area contributed by atoms with Crippen molar-refractivity contribution in [2.24, 2.45) is 11.7 Å². The van der Waals surface area contributed by atoms with Gasteiger partial charge in [0.1, 0.15) is 0 Å².